The molecule has 0 bridgehead atoms. The van der Waals surface area contributed by atoms with Crippen LogP contribution in [0, 0.1) is 20.8 Å². The molecule has 6 nitrogen and oxygen atoms in total. The second kappa shape index (κ2) is 6.51. The summed E-state index contributed by atoms with van der Waals surface area (Å²) in [5.74, 6) is 7.65. The number of aryl methyl sites for hydroxylation is 2. The van der Waals surface area contributed by atoms with Gasteiger partial charge >= 0.3 is 0 Å². The van der Waals surface area contributed by atoms with E-state index in [-0.39, 0.29) is 6.61 Å². The molecule has 2 rings (SSSR count). The van der Waals surface area contributed by atoms with Crippen LogP contribution >= 0.6 is 0 Å². The maximum atomic E-state index is 5.95. The van der Waals surface area contributed by atoms with Crippen molar-refractivity contribution in [3.63, 3.8) is 0 Å². The third-order valence-corrected chi connectivity index (χ3v) is 3.25. The van der Waals surface area contributed by atoms with E-state index in [1.165, 1.54) is 5.56 Å². The fourth-order valence-electron chi connectivity index (χ4n) is 1.98. The molecule has 1 aromatic carbocycles. The lowest BCUT2D eigenvalue weighted by molar-refractivity contribution is 0.177. The Labute approximate surface area is 124 Å². The first-order valence-electron chi connectivity index (χ1n) is 6.63. The number of hydrogen-bond donors (Lipinski definition) is 2. The summed E-state index contributed by atoms with van der Waals surface area (Å²) in [5.41, 5.74) is 5.81. The molecule has 2 aromatic rings. The van der Waals surface area contributed by atoms with Crippen LogP contribution in [0.25, 0.3) is 0 Å². The van der Waals surface area contributed by atoms with Crippen LogP contribution in [0.5, 0.6) is 11.6 Å². The first kappa shape index (κ1) is 15.2. The molecule has 0 amide bonds. The molecule has 0 atom stereocenters. The zero-order valence-electron chi connectivity index (χ0n) is 12.7. The standard InChI is InChI=1S/C15H20N4O2/c1-9-5-6-10(2)15(11(9)3)21-14-7-12(19-16)17-13(18-14)8-20-4/h5-7H,8,16H2,1-4H3,(H,17,18,19). The van der Waals surface area contributed by atoms with Gasteiger partial charge in [0.1, 0.15) is 18.2 Å². The van der Waals surface area contributed by atoms with Gasteiger partial charge in [-0.1, -0.05) is 12.1 Å². The summed E-state index contributed by atoms with van der Waals surface area (Å²) < 4.78 is 11.0. The number of nitrogens with zero attached hydrogens (tertiary/aromatic N) is 2. The summed E-state index contributed by atoms with van der Waals surface area (Å²) in [5, 5.41) is 0. The second-order valence-corrected chi connectivity index (χ2v) is 4.84. The molecular formula is C15H20N4O2. The average molecular weight is 288 g/mol. The van der Waals surface area contributed by atoms with Crippen LogP contribution < -0.4 is 16.0 Å². The van der Waals surface area contributed by atoms with Crippen LogP contribution in [0.2, 0.25) is 0 Å². The van der Waals surface area contributed by atoms with Gasteiger partial charge in [-0.2, -0.15) is 4.98 Å². The number of nitrogens with one attached hydrogen (secondary N) is 1. The summed E-state index contributed by atoms with van der Waals surface area (Å²) in [4.78, 5) is 8.52. The van der Waals surface area contributed by atoms with Crippen LogP contribution in [0.1, 0.15) is 22.5 Å². The van der Waals surface area contributed by atoms with E-state index in [9.17, 15) is 0 Å². The number of methoxy groups -OCH3 is 1. The van der Waals surface area contributed by atoms with Gasteiger partial charge in [0.25, 0.3) is 0 Å². The third kappa shape index (κ3) is 3.48. The number of ether oxygens (including phenoxy) is 2. The van der Waals surface area contributed by atoms with E-state index in [4.69, 9.17) is 15.3 Å². The Hall–Kier alpha value is -2.18. The van der Waals surface area contributed by atoms with Gasteiger partial charge in [0.2, 0.25) is 5.88 Å². The smallest absolute Gasteiger partial charge is 0.224 e. The van der Waals surface area contributed by atoms with Crippen molar-refractivity contribution < 1.29 is 9.47 Å². The van der Waals surface area contributed by atoms with E-state index in [2.05, 4.69) is 21.5 Å². The maximum Gasteiger partial charge on any atom is 0.224 e. The fraction of sp³-hybridized carbons (Fsp3) is 0.333. The van der Waals surface area contributed by atoms with Gasteiger partial charge in [-0.05, 0) is 37.5 Å². The lowest BCUT2D eigenvalue weighted by atomic mass is 10.1. The molecule has 6 heteroatoms. The van der Waals surface area contributed by atoms with Crippen molar-refractivity contribution in [3.05, 3.63) is 40.7 Å². The molecule has 1 heterocycles. The van der Waals surface area contributed by atoms with Gasteiger partial charge in [0.05, 0.1) is 0 Å². The lowest BCUT2D eigenvalue weighted by Crippen LogP contribution is -2.11. The van der Waals surface area contributed by atoms with Crippen molar-refractivity contribution in [1.29, 1.82) is 0 Å². The Balaban J connectivity index is 2.39. The number of nitrogen functional groups attached to an aromatic ring is 1. The Morgan fingerprint density at radius 1 is 1.14 bits per heavy atom. The minimum atomic E-state index is 0.289. The highest BCUT2D eigenvalue weighted by Gasteiger charge is 2.11. The molecule has 0 fully saturated rings. The van der Waals surface area contributed by atoms with Gasteiger partial charge < -0.3 is 14.9 Å². The average Bonchev–Trinajstić information content (AvgIpc) is 2.48. The Morgan fingerprint density at radius 3 is 2.52 bits per heavy atom. The van der Waals surface area contributed by atoms with Crippen molar-refractivity contribution >= 4 is 5.82 Å². The van der Waals surface area contributed by atoms with Crippen LogP contribution in [0.3, 0.4) is 0 Å². The molecule has 112 valence electrons. The highest BCUT2D eigenvalue weighted by molar-refractivity contribution is 5.47. The summed E-state index contributed by atoms with van der Waals surface area (Å²) in [7, 11) is 1.58. The van der Waals surface area contributed by atoms with Crippen LogP contribution in [0.4, 0.5) is 5.82 Å². The summed E-state index contributed by atoms with van der Waals surface area (Å²) in [6.45, 7) is 6.36. The first-order valence-corrected chi connectivity index (χ1v) is 6.63. The van der Waals surface area contributed by atoms with Crippen molar-refractivity contribution in [2.45, 2.75) is 27.4 Å². The number of anilines is 1. The zero-order valence-corrected chi connectivity index (χ0v) is 12.7. The minimum absolute atomic E-state index is 0.289. The predicted molar refractivity (Wildman–Crippen MR) is 81.3 cm³/mol. The number of hydrogen-bond acceptors (Lipinski definition) is 6. The monoisotopic (exact) mass is 288 g/mol. The molecule has 0 aliphatic heterocycles. The second-order valence-electron chi connectivity index (χ2n) is 4.84. The maximum absolute atomic E-state index is 5.95. The van der Waals surface area contributed by atoms with Crippen molar-refractivity contribution in [3.8, 4) is 11.6 Å². The number of rotatable bonds is 5. The highest BCUT2D eigenvalue weighted by atomic mass is 16.5. The molecule has 3 N–H and O–H groups in total. The summed E-state index contributed by atoms with van der Waals surface area (Å²) in [6, 6.07) is 5.75. The molecule has 1 aromatic heterocycles. The Bertz CT molecular complexity index is 644. The van der Waals surface area contributed by atoms with E-state index in [0.717, 1.165) is 16.9 Å². The van der Waals surface area contributed by atoms with Crippen molar-refractivity contribution in [2.24, 2.45) is 5.84 Å². The van der Waals surface area contributed by atoms with Crippen molar-refractivity contribution in [2.75, 3.05) is 12.5 Å². The van der Waals surface area contributed by atoms with E-state index >= 15 is 0 Å². The van der Waals surface area contributed by atoms with E-state index in [0.29, 0.717) is 17.5 Å². The quantitative estimate of drug-likeness (QED) is 0.650. The molecule has 0 spiro atoms. The van der Waals surface area contributed by atoms with Crippen molar-refractivity contribution in [1.82, 2.24) is 9.97 Å². The minimum Gasteiger partial charge on any atom is -0.438 e. The molecule has 0 unspecified atom stereocenters. The molecular weight excluding hydrogens is 268 g/mol. The fourth-order valence-corrected chi connectivity index (χ4v) is 1.98. The zero-order chi connectivity index (χ0) is 15.4. The molecule has 0 radical (unpaired) electrons. The summed E-state index contributed by atoms with van der Waals surface area (Å²) in [6.07, 6.45) is 0. The van der Waals surface area contributed by atoms with Gasteiger partial charge in [-0.3, -0.25) is 0 Å². The topological polar surface area (TPSA) is 82.3 Å². The van der Waals surface area contributed by atoms with E-state index in [1.54, 1.807) is 13.2 Å². The van der Waals surface area contributed by atoms with E-state index < -0.39 is 0 Å². The van der Waals surface area contributed by atoms with Crippen LogP contribution in [0.15, 0.2) is 18.2 Å². The molecule has 0 saturated carbocycles. The van der Waals surface area contributed by atoms with Gasteiger partial charge in [-0.15, -0.1) is 0 Å². The SMILES string of the molecule is COCc1nc(NN)cc(Oc2c(C)ccc(C)c2C)n1. The number of hydrazine groups is 1. The number of benzene rings is 1. The van der Waals surface area contributed by atoms with Gasteiger partial charge in [0.15, 0.2) is 5.82 Å². The summed E-state index contributed by atoms with van der Waals surface area (Å²) >= 11 is 0. The van der Waals surface area contributed by atoms with E-state index in [1.807, 2.05) is 26.8 Å². The normalized spacial score (nSPS) is 10.5. The third-order valence-electron chi connectivity index (χ3n) is 3.25. The Morgan fingerprint density at radius 2 is 1.86 bits per heavy atom. The Kier molecular flexibility index (Phi) is 4.72. The predicted octanol–water partition coefficient (Wildman–Crippen LogP) is 2.63. The first-order chi connectivity index (χ1) is 10.0. The largest absolute Gasteiger partial charge is 0.438 e. The van der Waals surface area contributed by atoms with Gasteiger partial charge in [0, 0.05) is 13.2 Å². The number of aromatic nitrogens is 2. The molecule has 0 saturated heterocycles. The van der Waals surface area contributed by atoms with Crippen LogP contribution in [-0.2, 0) is 11.3 Å². The molecule has 21 heavy (non-hydrogen) atoms. The molecule has 0 aliphatic carbocycles. The highest BCUT2D eigenvalue weighted by Crippen LogP contribution is 2.30. The number of nitrogens with two attached hydrogens (primary N) is 1. The van der Waals surface area contributed by atoms with Crippen LogP contribution in [-0.4, -0.2) is 17.1 Å². The lowest BCUT2D eigenvalue weighted by Gasteiger charge is -2.14. The molecule has 0 aliphatic rings. The van der Waals surface area contributed by atoms with Gasteiger partial charge in [-0.25, -0.2) is 10.8 Å².